The third-order valence-corrected chi connectivity index (χ3v) is 5.29. The summed E-state index contributed by atoms with van der Waals surface area (Å²) in [5.41, 5.74) is 1.27. The van der Waals surface area contributed by atoms with E-state index < -0.39 is 10.8 Å². The lowest BCUT2D eigenvalue weighted by atomic mass is 10.2. The molecule has 36 heavy (non-hydrogen) atoms. The number of amides is 2. The molecule has 0 radical (unpaired) electrons. The maximum Gasteiger partial charge on any atom is 0.269 e. The van der Waals surface area contributed by atoms with Crippen LogP contribution >= 0.6 is 0 Å². The number of non-ortho nitro benzene ring substituents is 1. The van der Waals surface area contributed by atoms with Gasteiger partial charge in [0.25, 0.3) is 5.69 Å². The summed E-state index contributed by atoms with van der Waals surface area (Å²) < 4.78 is 23.8. The molecule has 3 rings (SSSR count). The number of carbonyl (C=O) groups excluding carboxylic acids is 2. The zero-order valence-corrected chi connectivity index (χ0v) is 19.7. The molecule has 1 aromatic heterocycles. The molecule has 0 bridgehead atoms. The molecule has 0 atom stereocenters. The summed E-state index contributed by atoms with van der Waals surface area (Å²) in [6.45, 7) is 0.560. The molecule has 1 heterocycles. The lowest BCUT2D eigenvalue weighted by Gasteiger charge is -2.26. The second-order valence-electron chi connectivity index (χ2n) is 7.89. The van der Waals surface area contributed by atoms with Crippen LogP contribution in [0.25, 0.3) is 6.08 Å². The molecule has 10 heteroatoms. The molecule has 0 aliphatic heterocycles. The van der Waals surface area contributed by atoms with E-state index in [4.69, 9.17) is 9.15 Å². The van der Waals surface area contributed by atoms with E-state index in [1.165, 1.54) is 71.7 Å². The zero-order valence-electron chi connectivity index (χ0n) is 19.7. The SMILES string of the molecule is COCCN(CC(=O)N(Cc1ccc(F)cc1)Cc1ccco1)C(=O)C=Cc1ccc([N+](=O)[O-])cc1. The van der Waals surface area contributed by atoms with E-state index in [9.17, 15) is 24.1 Å². The van der Waals surface area contributed by atoms with E-state index in [0.717, 1.165) is 5.56 Å². The Morgan fingerprint density at radius 3 is 2.39 bits per heavy atom. The lowest BCUT2D eigenvalue weighted by Crippen LogP contribution is -2.43. The van der Waals surface area contributed by atoms with Crippen molar-refractivity contribution in [1.82, 2.24) is 9.80 Å². The van der Waals surface area contributed by atoms with Crippen molar-refractivity contribution in [1.29, 1.82) is 0 Å². The highest BCUT2D eigenvalue weighted by molar-refractivity contribution is 5.94. The van der Waals surface area contributed by atoms with Crippen LogP contribution in [0.4, 0.5) is 10.1 Å². The maximum absolute atomic E-state index is 13.3. The summed E-state index contributed by atoms with van der Waals surface area (Å²) in [6, 6.07) is 15.0. The Kier molecular flexibility index (Phi) is 9.47. The fourth-order valence-corrected chi connectivity index (χ4v) is 3.35. The molecule has 2 aromatic carbocycles. The number of hydrogen-bond donors (Lipinski definition) is 0. The van der Waals surface area contributed by atoms with Gasteiger partial charge >= 0.3 is 0 Å². The van der Waals surface area contributed by atoms with Gasteiger partial charge in [0, 0.05) is 38.4 Å². The van der Waals surface area contributed by atoms with Crippen molar-refractivity contribution in [3.8, 4) is 0 Å². The van der Waals surface area contributed by atoms with Crippen molar-refractivity contribution in [2.75, 3.05) is 26.8 Å². The van der Waals surface area contributed by atoms with Gasteiger partial charge in [-0.05, 0) is 53.6 Å². The molecule has 0 saturated carbocycles. The minimum Gasteiger partial charge on any atom is -0.467 e. The summed E-state index contributed by atoms with van der Waals surface area (Å²) in [5.74, 6) is -0.556. The van der Waals surface area contributed by atoms with E-state index in [1.54, 1.807) is 24.3 Å². The Hall–Kier alpha value is -4.31. The van der Waals surface area contributed by atoms with Crippen LogP contribution in [0.2, 0.25) is 0 Å². The fraction of sp³-hybridized carbons (Fsp3) is 0.231. The molecule has 0 N–H and O–H groups in total. The molecule has 9 nitrogen and oxygen atoms in total. The van der Waals surface area contributed by atoms with Crippen LogP contribution in [0.5, 0.6) is 0 Å². The molecular formula is C26H26FN3O6. The second-order valence-corrected chi connectivity index (χ2v) is 7.89. The number of halogens is 1. The molecule has 0 fully saturated rings. The zero-order chi connectivity index (χ0) is 25.9. The highest BCUT2D eigenvalue weighted by Gasteiger charge is 2.21. The number of methoxy groups -OCH3 is 1. The lowest BCUT2D eigenvalue weighted by molar-refractivity contribution is -0.384. The molecule has 188 valence electrons. The number of nitro benzene ring substituents is 1. The Labute approximate surface area is 207 Å². The van der Waals surface area contributed by atoms with E-state index in [-0.39, 0.29) is 50.2 Å². The van der Waals surface area contributed by atoms with Crippen LogP contribution in [0.3, 0.4) is 0 Å². The fourth-order valence-electron chi connectivity index (χ4n) is 3.35. The summed E-state index contributed by atoms with van der Waals surface area (Å²) >= 11 is 0. The number of nitro groups is 1. The van der Waals surface area contributed by atoms with Crippen molar-refractivity contribution in [2.45, 2.75) is 13.1 Å². The van der Waals surface area contributed by atoms with Gasteiger partial charge in [0.1, 0.15) is 18.1 Å². The molecule has 0 unspecified atom stereocenters. The Morgan fingerprint density at radius 1 is 1.06 bits per heavy atom. The summed E-state index contributed by atoms with van der Waals surface area (Å²) in [5, 5.41) is 10.8. The van der Waals surface area contributed by atoms with Gasteiger partial charge in [-0.25, -0.2) is 4.39 Å². The molecular weight excluding hydrogens is 469 g/mol. The minimum absolute atomic E-state index is 0.0522. The maximum atomic E-state index is 13.3. The van der Waals surface area contributed by atoms with Crippen LogP contribution in [0.15, 0.2) is 77.4 Å². The Bertz CT molecular complexity index is 1180. The largest absolute Gasteiger partial charge is 0.467 e. The molecule has 0 saturated heterocycles. The van der Waals surface area contributed by atoms with Crippen LogP contribution in [0.1, 0.15) is 16.9 Å². The predicted molar refractivity (Wildman–Crippen MR) is 130 cm³/mol. The Morgan fingerprint density at radius 2 is 1.78 bits per heavy atom. The van der Waals surface area contributed by atoms with Gasteiger partial charge in [0.2, 0.25) is 11.8 Å². The molecule has 2 amide bonds. The molecule has 0 spiro atoms. The van der Waals surface area contributed by atoms with Gasteiger partial charge in [-0.1, -0.05) is 12.1 Å². The van der Waals surface area contributed by atoms with Gasteiger partial charge in [0.15, 0.2) is 0 Å². The minimum atomic E-state index is -0.503. The van der Waals surface area contributed by atoms with Crippen molar-refractivity contribution in [3.05, 3.63) is 106 Å². The van der Waals surface area contributed by atoms with Gasteiger partial charge in [-0.3, -0.25) is 19.7 Å². The highest BCUT2D eigenvalue weighted by atomic mass is 19.1. The number of ether oxygens (including phenoxy) is 1. The molecule has 3 aromatic rings. The Balaban J connectivity index is 1.73. The van der Waals surface area contributed by atoms with Crippen LogP contribution in [-0.2, 0) is 27.4 Å². The van der Waals surface area contributed by atoms with Crippen molar-refractivity contribution in [3.63, 3.8) is 0 Å². The third kappa shape index (κ3) is 7.88. The first-order valence-corrected chi connectivity index (χ1v) is 11.1. The van der Waals surface area contributed by atoms with Crippen LogP contribution in [-0.4, -0.2) is 53.3 Å². The monoisotopic (exact) mass is 495 g/mol. The topological polar surface area (TPSA) is 106 Å². The normalized spacial score (nSPS) is 10.9. The van der Waals surface area contributed by atoms with Gasteiger partial charge in [-0.15, -0.1) is 0 Å². The van der Waals surface area contributed by atoms with Crippen molar-refractivity contribution >= 4 is 23.6 Å². The highest BCUT2D eigenvalue weighted by Crippen LogP contribution is 2.14. The molecule has 0 aliphatic rings. The van der Waals surface area contributed by atoms with Gasteiger partial charge in [-0.2, -0.15) is 0 Å². The van der Waals surface area contributed by atoms with E-state index in [0.29, 0.717) is 11.3 Å². The van der Waals surface area contributed by atoms with E-state index >= 15 is 0 Å². The average molecular weight is 496 g/mol. The standard InChI is InChI=1S/C26H26FN3O6/c1-35-16-14-28(25(31)13-8-20-6-11-23(12-7-20)30(33)34)19-26(32)29(18-24-3-2-15-36-24)17-21-4-9-22(27)10-5-21/h2-13,15H,14,16-19H2,1H3. The van der Waals surface area contributed by atoms with E-state index in [1.807, 2.05) is 0 Å². The first kappa shape index (κ1) is 26.3. The number of furan rings is 1. The van der Waals surface area contributed by atoms with E-state index in [2.05, 4.69) is 0 Å². The molecule has 0 aliphatic carbocycles. The number of hydrogen-bond acceptors (Lipinski definition) is 6. The third-order valence-electron chi connectivity index (χ3n) is 5.29. The smallest absolute Gasteiger partial charge is 0.269 e. The van der Waals surface area contributed by atoms with Crippen LogP contribution in [0, 0.1) is 15.9 Å². The first-order valence-electron chi connectivity index (χ1n) is 11.1. The van der Waals surface area contributed by atoms with Crippen molar-refractivity contribution in [2.24, 2.45) is 0 Å². The second kappa shape index (κ2) is 13.0. The average Bonchev–Trinajstić information content (AvgIpc) is 3.39. The van der Waals surface area contributed by atoms with Gasteiger partial charge < -0.3 is 19.0 Å². The number of benzene rings is 2. The summed E-state index contributed by atoms with van der Waals surface area (Å²) in [4.78, 5) is 39.4. The summed E-state index contributed by atoms with van der Waals surface area (Å²) in [6.07, 6.45) is 4.34. The van der Waals surface area contributed by atoms with Crippen LogP contribution < -0.4 is 0 Å². The summed E-state index contributed by atoms with van der Waals surface area (Å²) in [7, 11) is 1.49. The first-order chi connectivity index (χ1) is 17.4. The van der Waals surface area contributed by atoms with Crippen molar-refractivity contribution < 1.29 is 28.1 Å². The number of carbonyl (C=O) groups is 2. The number of nitrogens with zero attached hydrogens (tertiary/aromatic N) is 3. The number of rotatable bonds is 12. The predicted octanol–water partition coefficient (Wildman–Crippen LogP) is 4.04. The quantitative estimate of drug-likeness (QED) is 0.213. The van der Waals surface area contributed by atoms with Gasteiger partial charge in [0.05, 0.1) is 24.3 Å².